The molecule has 0 spiro atoms. The quantitative estimate of drug-likeness (QED) is 0.0957. The zero-order valence-corrected chi connectivity index (χ0v) is 35.5. The van der Waals surface area contributed by atoms with Crippen LogP contribution in [0.3, 0.4) is 0 Å². The molecule has 0 unspecified atom stereocenters. The molecule has 4 heterocycles. The minimum atomic E-state index is -1.82. The average molecular weight is 790 g/mol. The van der Waals surface area contributed by atoms with Gasteiger partial charge in [0.2, 0.25) is 0 Å². The normalized spacial score (nSPS) is 19.4. The first-order chi connectivity index (χ1) is 27.5. The number of fused-ring (bicyclic) bond motifs is 2. The van der Waals surface area contributed by atoms with Crippen molar-refractivity contribution in [3.05, 3.63) is 89.6 Å². The molecule has 2 saturated heterocycles. The Bertz CT molecular complexity index is 2030. The van der Waals surface area contributed by atoms with Gasteiger partial charge in [0.05, 0.1) is 31.3 Å². The standard InChI is InChI=1S/C45H59N7O4Si/c1-45(2,3)57(4,5)56-28-27-49-23-12-17-37(49)33-55-44-47-40-30-51(41-19-11-16-35-15-9-10-18-38(35)41)24-21-39(40)43(48-44)52-26-25-50(36(29-52)20-22-46)31-42(53)54-32-34-13-7-6-8-14-34/h6-11,13-16,18-19,36-37H,12,17,20-21,23-33H2,1-5H3/t36-,37+/m0/s1. The van der Waals surface area contributed by atoms with Crippen LogP contribution in [-0.2, 0) is 33.5 Å². The van der Waals surface area contributed by atoms with Gasteiger partial charge in [0.1, 0.15) is 19.0 Å². The fourth-order valence-corrected chi connectivity index (χ4v) is 9.16. The van der Waals surface area contributed by atoms with Crippen LogP contribution in [0.4, 0.5) is 11.5 Å². The molecular weight excluding hydrogens is 731 g/mol. The van der Waals surface area contributed by atoms with Crippen molar-refractivity contribution in [3.8, 4) is 12.1 Å². The molecule has 2 fully saturated rings. The van der Waals surface area contributed by atoms with Gasteiger partial charge in [0.25, 0.3) is 0 Å². The van der Waals surface area contributed by atoms with Crippen molar-refractivity contribution in [3.63, 3.8) is 0 Å². The van der Waals surface area contributed by atoms with Gasteiger partial charge in [-0.3, -0.25) is 14.6 Å². The molecule has 0 amide bonds. The number of nitrogens with zero attached hydrogens (tertiary/aromatic N) is 7. The highest BCUT2D eigenvalue weighted by Crippen LogP contribution is 2.37. The van der Waals surface area contributed by atoms with E-state index in [9.17, 15) is 10.1 Å². The van der Waals surface area contributed by atoms with Crippen LogP contribution < -0.4 is 14.5 Å². The van der Waals surface area contributed by atoms with Crippen molar-refractivity contribution in [2.75, 3.05) is 68.8 Å². The molecule has 3 aliphatic heterocycles. The number of ether oxygens (including phenoxy) is 2. The summed E-state index contributed by atoms with van der Waals surface area (Å²) in [4.78, 5) is 32.6. The number of carbonyl (C=O) groups excluding carboxylic acids is 1. The Labute approximate surface area is 339 Å². The van der Waals surface area contributed by atoms with Crippen molar-refractivity contribution < 1.29 is 18.7 Å². The molecule has 7 rings (SSSR count). The third-order valence-corrected chi connectivity index (χ3v) is 17.0. The SMILES string of the molecule is CC(C)(C)[Si](C)(C)OCCN1CCC[C@@H]1COc1nc2c(c(N3CCN(CC(=O)OCc4ccccc4)[C@@H](CC#N)C3)n1)CCN(c1cccc3ccccc13)C2. The number of rotatable bonds is 14. The van der Waals surface area contributed by atoms with E-state index in [0.717, 1.165) is 68.1 Å². The summed E-state index contributed by atoms with van der Waals surface area (Å²) >= 11 is 0. The molecule has 3 aliphatic rings. The summed E-state index contributed by atoms with van der Waals surface area (Å²) in [6.07, 6.45) is 3.28. The molecule has 12 heteroatoms. The van der Waals surface area contributed by atoms with Gasteiger partial charge in [-0.25, -0.2) is 0 Å². The molecule has 0 N–H and O–H groups in total. The highest BCUT2D eigenvalue weighted by atomic mass is 28.4. The first-order valence-corrected chi connectivity index (χ1v) is 23.6. The lowest BCUT2D eigenvalue weighted by atomic mass is 10.0. The Morgan fingerprint density at radius 3 is 2.51 bits per heavy atom. The van der Waals surface area contributed by atoms with Gasteiger partial charge in [-0.05, 0) is 61.0 Å². The molecule has 57 heavy (non-hydrogen) atoms. The lowest BCUT2D eigenvalue weighted by molar-refractivity contribution is -0.147. The van der Waals surface area contributed by atoms with Gasteiger partial charge < -0.3 is 23.7 Å². The molecule has 4 aromatic rings. The summed E-state index contributed by atoms with van der Waals surface area (Å²) in [5.74, 6) is 0.597. The number of aromatic nitrogens is 2. The van der Waals surface area contributed by atoms with Crippen LogP contribution in [-0.4, -0.2) is 105 Å². The molecule has 3 aromatic carbocycles. The number of hydrogen-bond acceptors (Lipinski definition) is 11. The van der Waals surface area contributed by atoms with E-state index in [4.69, 9.17) is 23.9 Å². The number of hydrogen-bond donors (Lipinski definition) is 0. The van der Waals surface area contributed by atoms with Crippen LogP contribution in [0.5, 0.6) is 6.01 Å². The van der Waals surface area contributed by atoms with Gasteiger partial charge in [0, 0.05) is 68.1 Å². The van der Waals surface area contributed by atoms with Crippen LogP contribution in [0, 0.1) is 11.3 Å². The topological polar surface area (TPSA) is 107 Å². The van der Waals surface area contributed by atoms with E-state index in [1.807, 2.05) is 30.3 Å². The van der Waals surface area contributed by atoms with Crippen molar-refractivity contribution in [1.29, 1.82) is 5.26 Å². The van der Waals surface area contributed by atoms with Gasteiger partial charge in [0.15, 0.2) is 8.32 Å². The second kappa shape index (κ2) is 17.9. The third-order valence-electron chi connectivity index (χ3n) is 12.5. The largest absolute Gasteiger partial charge is 0.462 e. The third kappa shape index (κ3) is 9.78. The molecule has 302 valence electrons. The minimum Gasteiger partial charge on any atom is -0.462 e. The van der Waals surface area contributed by atoms with Crippen molar-refractivity contribution in [2.45, 2.75) is 89.8 Å². The van der Waals surface area contributed by atoms with E-state index >= 15 is 0 Å². The number of nitriles is 1. The number of esters is 1. The summed E-state index contributed by atoms with van der Waals surface area (Å²) in [7, 11) is -1.82. The van der Waals surface area contributed by atoms with Crippen LogP contribution in [0.1, 0.15) is 56.9 Å². The predicted molar refractivity (Wildman–Crippen MR) is 228 cm³/mol. The Morgan fingerprint density at radius 1 is 0.912 bits per heavy atom. The highest BCUT2D eigenvalue weighted by Gasteiger charge is 2.38. The number of piperazine rings is 1. The molecule has 1 aromatic heterocycles. The maximum absolute atomic E-state index is 13.0. The molecule has 0 aliphatic carbocycles. The Balaban J connectivity index is 1.09. The number of anilines is 2. The zero-order valence-electron chi connectivity index (χ0n) is 34.5. The van der Waals surface area contributed by atoms with Crippen molar-refractivity contribution in [1.82, 2.24) is 19.8 Å². The monoisotopic (exact) mass is 789 g/mol. The lowest BCUT2D eigenvalue weighted by Crippen LogP contribution is -2.55. The van der Waals surface area contributed by atoms with Crippen molar-refractivity contribution in [2.24, 2.45) is 0 Å². The first-order valence-electron chi connectivity index (χ1n) is 20.7. The maximum Gasteiger partial charge on any atom is 0.320 e. The van der Waals surface area contributed by atoms with Crippen LogP contribution in [0.2, 0.25) is 18.1 Å². The maximum atomic E-state index is 13.0. The number of carbonyl (C=O) groups is 1. The van der Waals surface area contributed by atoms with Gasteiger partial charge in [-0.2, -0.15) is 15.2 Å². The fraction of sp³-hybridized carbons (Fsp3) is 0.511. The van der Waals surface area contributed by atoms with Crippen LogP contribution >= 0.6 is 0 Å². The molecule has 11 nitrogen and oxygen atoms in total. The average Bonchev–Trinajstić information content (AvgIpc) is 3.66. The Hall–Kier alpha value is -4.54. The number of benzene rings is 3. The smallest absolute Gasteiger partial charge is 0.320 e. The predicted octanol–water partition coefficient (Wildman–Crippen LogP) is 7.21. The minimum absolute atomic E-state index is 0.141. The van der Waals surface area contributed by atoms with Gasteiger partial charge in [-0.15, -0.1) is 0 Å². The summed E-state index contributed by atoms with van der Waals surface area (Å²) < 4.78 is 18.8. The van der Waals surface area contributed by atoms with E-state index in [-0.39, 0.29) is 36.2 Å². The molecule has 0 saturated carbocycles. The van der Waals surface area contributed by atoms with Gasteiger partial charge >= 0.3 is 12.0 Å². The van der Waals surface area contributed by atoms with E-state index in [2.05, 4.69) is 102 Å². The summed E-state index contributed by atoms with van der Waals surface area (Å²) in [6, 6.07) is 27.6. The summed E-state index contributed by atoms with van der Waals surface area (Å²) in [5, 5.41) is 12.5. The van der Waals surface area contributed by atoms with E-state index in [0.29, 0.717) is 45.2 Å². The Morgan fingerprint density at radius 2 is 1.70 bits per heavy atom. The number of likely N-dealkylation sites (tertiary alicyclic amines) is 1. The van der Waals surface area contributed by atoms with Crippen LogP contribution in [0.25, 0.3) is 10.8 Å². The van der Waals surface area contributed by atoms with Gasteiger partial charge in [-0.1, -0.05) is 87.5 Å². The summed E-state index contributed by atoms with van der Waals surface area (Å²) in [5.41, 5.74) is 4.26. The summed E-state index contributed by atoms with van der Waals surface area (Å²) in [6.45, 7) is 18.3. The fourth-order valence-electron chi connectivity index (χ4n) is 8.13. The zero-order chi connectivity index (χ0) is 40.0. The second-order valence-electron chi connectivity index (χ2n) is 17.3. The first kappa shape index (κ1) is 40.6. The molecule has 2 atom stereocenters. The van der Waals surface area contributed by atoms with Crippen LogP contribution in [0.15, 0.2) is 72.8 Å². The molecule has 0 bridgehead atoms. The van der Waals surface area contributed by atoms with E-state index in [1.54, 1.807) is 0 Å². The Kier molecular flexibility index (Phi) is 12.8. The highest BCUT2D eigenvalue weighted by molar-refractivity contribution is 6.74. The van der Waals surface area contributed by atoms with Crippen molar-refractivity contribution >= 4 is 36.6 Å². The molecular formula is C45H59N7O4Si. The molecule has 0 radical (unpaired) electrons. The second-order valence-corrected chi connectivity index (χ2v) is 22.1. The van der Waals surface area contributed by atoms with E-state index in [1.165, 1.54) is 16.5 Å². The van der Waals surface area contributed by atoms with E-state index < -0.39 is 8.32 Å². The lowest BCUT2D eigenvalue weighted by Gasteiger charge is -2.42.